The molecule has 3 nitrogen and oxygen atoms in total. The van der Waals surface area contributed by atoms with Crippen molar-refractivity contribution in [2.75, 3.05) is 6.61 Å². The van der Waals surface area contributed by atoms with Gasteiger partial charge in [0.15, 0.2) is 0 Å². The maximum atomic E-state index is 10.4. The van der Waals surface area contributed by atoms with Gasteiger partial charge >= 0.3 is 0 Å². The summed E-state index contributed by atoms with van der Waals surface area (Å²) in [5.74, 6) is -1.07. The maximum absolute atomic E-state index is 10.4. The summed E-state index contributed by atoms with van der Waals surface area (Å²) in [6.07, 6.45) is 0.0635. The number of carbonyl (C=O) groups excluding carboxylic acids is 1. The van der Waals surface area contributed by atoms with Crippen LogP contribution in [0.3, 0.4) is 0 Å². The molecule has 3 heteroatoms. The molecule has 0 unspecified atom stereocenters. The van der Waals surface area contributed by atoms with E-state index in [0.717, 1.165) is 0 Å². The molecule has 0 amide bonds. The Morgan fingerprint density at radius 2 is 2.00 bits per heavy atom. The number of hydrogen-bond donors (Lipinski definition) is 0. The standard InChI is InChI=1S/C8H16O3/c1-6(2)11-5-8(3,4)7(9)10/h6H,5H2,1-4H3,(H,9,10)/p-1. The molecule has 0 aromatic carbocycles. The average molecular weight is 159 g/mol. The molecule has 0 saturated carbocycles. The van der Waals surface area contributed by atoms with Crippen LogP contribution in [0.15, 0.2) is 0 Å². The van der Waals surface area contributed by atoms with Crippen LogP contribution in [0, 0.1) is 5.41 Å². The van der Waals surface area contributed by atoms with Crippen LogP contribution in [0.1, 0.15) is 27.7 Å². The van der Waals surface area contributed by atoms with E-state index in [0.29, 0.717) is 0 Å². The van der Waals surface area contributed by atoms with Gasteiger partial charge in [-0.25, -0.2) is 0 Å². The molecule has 11 heavy (non-hydrogen) atoms. The van der Waals surface area contributed by atoms with Crippen LogP contribution in [0.4, 0.5) is 0 Å². The molecule has 0 aromatic rings. The van der Waals surface area contributed by atoms with Gasteiger partial charge in [-0.05, 0) is 13.8 Å². The quantitative estimate of drug-likeness (QED) is 0.588. The van der Waals surface area contributed by atoms with E-state index >= 15 is 0 Å². The third kappa shape index (κ3) is 3.98. The van der Waals surface area contributed by atoms with Crippen molar-refractivity contribution in [3.05, 3.63) is 0 Å². The normalized spacial score (nSPS) is 12.1. The molecule has 0 atom stereocenters. The molecule has 0 rings (SSSR count). The van der Waals surface area contributed by atoms with Crippen molar-refractivity contribution in [1.29, 1.82) is 0 Å². The fourth-order valence-corrected chi connectivity index (χ4v) is 0.434. The molecule has 0 aliphatic heterocycles. The van der Waals surface area contributed by atoms with E-state index in [4.69, 9.17) is 4.74 Å². The van der Waals surface area contributed by atoms with E-state index in [1.165, 1.54) is 0 Å². The highest BCUT2D eigenvalue weighted by atomic mass is 16.5. The molecule has 0 radical (unpaired) electrons. The lowest BCUT2D eigenvalue weighted by Crippen LogP contribution is -2.41. The lowest BCUT2D eigenvalue weighted by Gasteiger charge is -2.26. The summed E-state index contributed by atoms with van der Waals surface area (Å²) in [5, 5.41) is 10.4. The van der Waals surface area contributed by atoms with Crippen molar-refractivity contribution in [2.24, 2.45) is 5.41 Å². The lowest BCUT2D eigenvalue weighted by molar-refractivity contribution is -0.319. The predicted molar refractivity (Wildman–Crippen MR) is 39.9 cm³/mol. The van der Waals surface area contributed by atoms with Gasteiger partial charge in [-0.3, -0.25) is 0 Å². The third-order valence-electron chi connectivity index (χ3n) is 1.33. The fraction of sp³-hybridized carbons (Fsp3) is 0.875. The number of hydrogen-bond acceptors (Lipinski definition) is 3. The second-order valence-electron chi connectivity index (χ2n) is 3.53. The largest absolute Gasteiger partial charge is 0.549 e. The highest BCUT2D eigenvalue weighted by molar-refractivity contribution is 5.71. The van der Waals surface area contributed by atoms with E-state index in [2.05, 4.69) is 0 Å². The second-order valence-corrected chi connectivity index (χ2v) is 3.53. The van der Waals surface area contributed by atoms with Crippen LogP contribution >= 0.6 is 0 Å². The van der Waals surface area contributed by atoms with Gasteiger partial charge in [-0.1, -0.05) is 13.8 Å². The van der Waals surface area contributed by atoms with Crippen molar-refractivity contribution in [1.82, 2.24) is 0 Å². The fourth-order valence-electron chi connectivity index (χ4n) is 0.434. The summed E-state index contributed by atoms with van der Waals surface area (Å²) >= 11 is 0. The summed E-state index contributed by atoms with van der Waals surface area (Å²) in [5.41, 5.74) is -0.885. The number of rotatable bonds is 4. The van der Waals surface area contributed by atoms with E-state index in [1.54, 1.807) is 13.8 Å². The molecule has 0 bridgehead atoms. The smallest absolute Gasteiger partial charge is 0.0572 e. The molecule has 0 N–H and O–H groups in total. The number of aliphatic carboxylic acids is 1. The first-order valence-corrected chi connectivity index (χ1v) is 3.69. The molecule has 0 fully saturated rings. The molecule has 0 aliphatic carbocycles. The van der Waals surface area contributed by atoms with Gasteiger partial charge in [0, 0.05) is 11.4 Å². The predicted octanol–water partition coefficient (Wildman–Crippen LogP) is 0.188. The van der Waals surface area contributed by atoms with E-state index in [-0.39, 0.29) is 12.7 Å². The minimum Gasteiger partial charge on any atom is -0.549 e. The summed E-state index contributed by atoms with van der Waals surface area (Å²) in [6.45, 7) is 7.11. The van der Waals surface area contributed by atoms with Gasteiger partial charge in [-0.15, -0.1) is 0 Å². The molecule has 0 aliphatic rings. The topological polar surface area (TPSA) is 49.4 Å². The maximum Gasteiger partial charge on any atom is 0.0572 e. The minimum absolute atomic E-state index is 0.0635. The minimum atomic E-state index is -1.07. The Labute approximate surface area is 67.4 Å². The van der Waals surface area contributed by atoms with E-state index in [9.17, 15) is 9.90 Å². The first-order chi connectivity index (χ1) is 4.86. The summed E-state index contributed by atoms with van der Waals surface area (Å²) < 4.78 is 5.15. The zero-order valence-electron chi connectivity index (χ0n) is 7.51. The number of carboxylic acid groups (broad SMARTS) is 1. The molecular formula is C8H15O3-. The molecule has 0 aromatic heterocycles. The first-order valence-electron chi connectivity index (χ1n) is 3.69. The molecular weight excluding hydrogens is 144 g/mol. The van der Waals surface area contributed by atoms with Gasteiger partial charge < -0.3 is 14.6 Å². The zero-order valence-corrected chi connectivity index (χ0v) is 7.51. The molecule has 0 heterocycles. The summed E-state index contributed by atoms with van der Waals surface area (Å²) in [7, 11) is 0. The van der Waals surface area contributed by atoms with Gasteiger partial charge in [0.2, 0.25) is 0 Å². The van der Waals surface area contributed by atoms with Crippen molar-refractivity contribution in [3.63, 3.8) is 0 Å². The SMILES string of the molecule is CC(C)OCC(C)(C)C(=O)[O-]. The third-order valence-corrected chi connectivity index (χ3v) is 1.33. The van der Waals surface area contributed by atoms with Crippen LogP contribution in [0.2, 0.25) is 0 Å². The average Bonchev–Trinajstić information content (AvgIpc) is 1.84. The Hall–Kier alpha value is -0.570. The Balaban J connectivity index is 3.83. The Morgan fingerprint density at radius 1 is 1.55 bits per heavy atom. The number of carbonyl (C=O) groups is 1. The van der Waals surface area contributed by atoms with Gasteiger partial charge in [0.1, 0.15) is 0 Å². The first kappa shape index (κ1) is 10.4. The van der Waals surface area contributed by atoms with E-state index in [1.807, 2.05) is 13.8 Å². The van der Waals surface area contributed by atoms with Crippen LogP contribution in [0.5, 0.6) is 0 Å². The van der Waals surface area contributed by atoms with Crippen molar-refractivity contribution in [2.45, 2.75) is 33.8 Å². The highest BCUT2D eigenvalue weighted by Crippen LogP contribution is 2.14. The van der Waals surface area contributed by atoms with Crippen LogP contribution in [-0.4, -0.2) is 18.7 Å². The molecule has 0 saturated heterocycles. The van der Waals surface area contributed by atoms with Crippen molar-refractivity contribution < 1.29 is 14.6 Å². The second kappa shape index (κ2) is 3.72. The highest BCUT2D eigenvalue weighted by Gasteiger charge is 2.19. The zero-order chi connectivity index (χ0) is 9.07. The Kier molecular flexibility index (Phi) is 3.52. The van der Waals surface area contributed by atoms with Crippen molar-refractivity contribution in [3.8, 4) is 0 Å². The molecule has 0 spiro atoms. The summed E-state index contributed by atoms with van der Waals surface area (Å²) in [4.78, 5) is 10.4. The van der Waals surface area contributed by atoms with E-state index < -0.39 is 11.4 Å². The molecule has 66 valence electrons. The Bertz CT molecular complexity index is 138. The van der Waals surface area contributed by atoms with Gasteiger partial charge in [-0.2, -0.15) is 0 Å². The van der Waals surface area contributed by atoms with Crippen molar-refractivity contribution >= 4 is 5.97 Å². The number of carboxylic acids is 1. The van der Waals surface area contributed by atoms with Crippen LogP contribution in [-0.2, 0) is 9.53 Å². The number of ether oxygens (including phenoxy) is 1. The lowest BCUT2D eigenvalue weighted by atomic mass is 9.95. The Morgan fingerprint density at radius 3 is 2.27 bits per heavy atom. The van der Waals surface area contributed by atoms with Gasteiger partial charge in [0.25, 0.3) is 0 Å². The van der Waals surface area contributed by atoms with Crippen LogP contribution in [0.25, 0.3) is 0 Å². The monoisotopic (exact) mass is 159 g/mol. The van der Waals surface area contributed by atoms with Crippen LogP contribution < -0.4 is 5.11 Å². The summed E-state index contributed by atoms with van der Waals surface area (Å²) in [6, 6.07) is 0. The van der Waals surface area contributed by atoms with Gasteiger partial charge in [0.05, 0.1) is 12.7 Å².